The number of benzene rings is 1. The summed E-state index contributed by atoms with van der Waals surface area (Å²) in [6.45, 7) is 16.4. The van der Waals surface area contributed by atoms with E-state index in [4.69, 9.17) is 11.2 Å². The van der Waals surface area contributed by atoms with Gasteiger partial charge in [-0.1, -0.05) is 60.6 Å². The van der Waals surface area contributed by atoms with Crippen LogP contribution in [-0.2, 0) is 17.3 Å². The van der Waals surface area contributed by atoms with Crippen molar-refractivity contribution in [1.82, 2.24) is 0 Å². The van der Waals surface area contributed by atoms with E-state index in [1.165, 1.54) is 16.7 Å². The number of ether oxygens (including phenoxy) is 1. The molecule has 1 heteroatoms. The number of hydrogen-bond acceptors (Lipinski definition) is 1. The van der Waals surface area contributed by atoms with Gasteiger partial charge in [0.05, 0.1) is 6.61 Å². The fourth-order valence-corrected chi connectivity index (χ4v) is 2.52. The molecule has 0 amide bonds. The molecule has 0 saturated carbocycles. The fourth-order valence-electron chi connectivity index (χ4n) is 2.52. The molecule has 1 nitrogen and oxygen atoms in total. The van der Waals surface area contributed by atoms with Crippen molar-refractivity contribution in [3.05, 3.63) is 28.8 Å². The lowest BCUT2D eigenvalue weighted by atomic mass is 9.78. The van der Waals surface area contributed by atoms with Crippen LogP contribution in [0, 0.1) is 12.3 Å². The maximum atomic E-state index is 6.19. The highest BCUT2D eigenvalue weighted by molar-refractivity contribution is 5.51. The Balaban J connectivity index is 3.51. The smallest absolute Gasteiger partial charge is 0.126 e. The van der Waals surface area contributed by atoms with Gasteiger partial charge in [0.1, 0.15) is 5.75 Å². The molecule has 1 aromatic rings. The SMILES string of the molecule is C#CCCc1cc(C(C)(C)C)c(OCCC)c(C(C)(C)C)c1. The summed E-state index contributed by atoms with van der Waals surface area (Å²) < 4.78 is 6.19. The van der Waals surface area contributed by atoms with Gasteiger partial charge >= 0.3 is 0 Å². The predicted molar refractivity (Wildman–Crippen MR) is 96.8 cm³/mol. The third-order valence-electron chi connectivity index (χ3n) is 3.77. The monoisotopic (exact) mass is 300 g/mol. The number of aryl methyl sites for hydroxylation is 1. The van der Waals surface area contributed by atoms with Gasteiger partial charge in [-0.3, -0.25) is 0 Å². The van der Waals surface area contributed by atoms with Crippen molar-refractivity contribution in [2.24, 2.45) is 0 Å². The summed E-state index contributed by atoms with van der Waals surface area (Å²) >= 11 is 0. The Bertz CT molecular complexity index is 497. The first-order valence-corrected chi connectivity index (χ1v) is 8.35. The van der Waals surface area contributed by atoms with E-state index in [0.717, 1.165) is 31.6 Å². The first-order chi connectivity index (χ1) is 10.1. The molecule has 22 heavy (non-hydrogen) atoms. The number of rotatable bonds is 5. The number of terminal acetylenes is 1. The summed E-state index contributed by atoms with van der Waals surface area (Å²) in [7, 11) is 0. The van der Waals surface area contributed by atoms with E-state index in [1.54, 1.807) is 0 Å². The standard InChI is InChI=1S/C21H32O/c1-9-11-12-16-14-17(20(3,4)5)19(22-13-10-2)18(15-16)21(6,7)8/h1,14-15H,10-13H2,2-8H3. The summed E-state index contributed by atoms with van der Waals surface area (Å²) in [6.07, 6.45) is 8.17. The van der Waals surface area contributed by atoms with Crippen LogP contribution in [0.4, 0.5) is 0 Å². The van der Waals surface area contributed by atoms with Crippen LogP contribution < -0.4 is 4.74 Å². The Labute approximate surface area is 137 Å². The first kappa shape index (κ1) is 18.6. The molecule has 0 bridgehead atoms. The van der Waals surface area contributed by atoms with E-state index in [1.807, 2.05) is 0 Å². The van der Waals surface area contributed by atoms with E-state index in [-0.39, 0.29) is 10.8 Å². The van der Waals surface area contributed by atoms with Crippen LogP contribution in [-0.4, -0.2) is 6.61 Å². The van der Waals surface area contributed by atoms with Crippen molar-refractivity contribution in [3.63, 3.8) is 0 Å². The lowest BCUT2D eigenvalue weighted by Crippen LogP contribution is -2.20. The lowest BCUT2D eigenvalue weighted by molar-refractivity contribution is 0.299. The molecule has 0 aromatic heterocycles. The maximum absolute atomic E-state index is 6.19. The molecule has 0 atom stereocenters. The molecule has 1 aromatic carbocycles. The van der Waals surface area contributed by atoms with Gasteiger partial charge in [-0.15, -0.1) is 12.3 Å². The minimum Gasteiger partial charge on any atom is -0.493 e. The molecule has 0 aliphatic rings. The molecular formula is C21H32O. The van der Waals surface area contributed by atoms with Crippen LogP contribution in [0.15, 0.2) is 12.1 Å². The van der Waals surface area contributed by atoms with E-state index < -0.39 is 0 Å². The van der Waals surface area contributed by atoms with Gasteiger partial charge in [-0.25, -0.2) is 0 Å². The van der Waals surface area contributed by atoms with Crippen LogP contribution in [0.5, 0.6) is 5.75 Å². The Morgan fingerprint density at radius 1 is 1.00 bits per heavy atom. The van der Waals surface area contributed by atoms with E-state index >= 15 is 0 Å². The molecule has 0 N–H and O–H groups in total. The highest BCUT2D eigenvalue weighted by Crippen LogP contribution is 2.41. The average Bonchev–Trinajstić information content (AvgIpc) is 2.40. The summed E-state index contributed by atoms with van der Waals surface area (Å²) in [4.78, 5) is 0. The van der Waals surface area contributed by atoms with Crippen molar-refractivity contribution in [1.29, 1.82) is 0 Å². The zero-order valence-electron chi connectivity index (χ0n) is 15.5. The van der Waals surface area contributed by atoms with E-state index in [2.05, 4.69) is 66.5 Å². The van der Waals surface area contributed by atoms with Gasteiger partial charge < -0.3 is 4.74 Å². The maximum Gasteiger partial charge on any atom is 0.126 e. The van der Waals surface area contributed by atoms with Crippen molar-refractivity contribution in [2.45, 2.75) is 78.6 Å². The van der Waals surface area contributed by atoms with E-state index in [9.17, 15) is 0 Å². The highest BCUT2D eigenvalue weighted by Gasteiger charge is 2.27. The Hall–Kier alpha value is -1.42. The molecule has 0 aliphatic carbocycles. The van der Waals surface area contributed by atoms with Gasteiger partial charge in [0.15, 0.2) is 0 Å². The van der Waals surface area contributed by atoms with Gasteiger partial charge in [0, 0.05) is 17.5 Å². The van der Waals surface area contributed by atoms with Gasteiger partial charge in [0.25, 0.3) is 0 Å². The minimum absolute atomic E-state index is 0.0508. The third-order valence-corrected chi connectivity index (χ3v) is 3.77. The molecule has 0 saturated heterocycles. The van der Waals surface area contributed by atoms with Crippen molar-refractivity contribution < 1.29 is 4.74 Å². The Morgan fingerprint density at radius 3 is 1.86 bits per heavy atom. The molecule has 1 rings (SSSR count). The summed E-state index contributed by atoms with van der Waals surface area (Å²) in [5.41, 5.74) is 4.00. The second-order valence-corrected chi connectivity index (χ2v) is 8.07. The third kappa shape index (κ3) is 4.80. The van der Waals surface area contributed by atoms with E-state index in [0.29, 0.717) is 0 Å². The summed E-state index contributed by atoms with van der Waals surface area (Å²) in [5, 5.41) is 0. The molecule has 122 valence electrons. The second kappa shape index (κ2) is 7.23. The number of hydrogen-bond donors (Lipinski definition) is 0. The van der Waals surface area contributed by atoms with Gasteiger partial charge in [-0.2, -0.15) is 0 Å². The van der Waals surface area contributed by atoms with Crippen LogP contribution in [0.1, 0.15) is 78.0 Å². The van der Waals surface area contributed by atoms with Crippen molar-refractivity contribution in [3.8, 4) is 18.1 Å². The predicted octanol–water partition coefficient (Wildman–Crippen LogP) is 5.64. The molecule has 0 radical (unpaired) electrons. The average molecular weight is 300 g/mol. The van der Waals surface area contributed by atoms with Crippen molar-refractivity contribution in [2.75, 3.05) is 6.61 Å². The largest absolute Gasteiger partial charge is 0.493 e. The molecule has 0 spiro atoms. The van der Waals surface area contributed by atoms with Gasteiger partial charge in [-0.05, 0) is 29.2 Å². The molecule has 0 aliphatic heterocycles. The Kier molecular flexibility index (Phi) is 6.12. The van der Waals surface area contributed by atoms with Crippen LogP contribution in [0.25, 0.3) is 0 Å². The van der Waals surface area contributed by atoms with Gasteiger partial charge in [0.2, 0.25) is 0 Å². The van der Waals surface area contributed by atoms with Crippen LogP contribution >= 0.6 is 0 Å². The zero-order chi connectivity index (χ0) is 17.0. The minimum atomic E-state index is 0.0508. The summed E-state index contributed by atoms with van der Waals surface area (Å²) in [6, 6.07) is 4.58. The first-order valence-electron chi connectivity index (χ1n) is 8.35. The molecule has 0 heterocycles. The zero-order valence-corrected chi connectivity index (χ0v) is 15.5. The molecule has 0 fully saturated rings. The van der Waals surface area contributed by atoms with Crippen LogP contribution in [0.3, 0.4) is 0 Å². The normalized spacial score (nSPS) is 12.1. The fraction of sp³-hybridized carbons (Fsp3) is 0.619. The molecule has 0 unspecified atom stereocenters. The lowest BCUT2D eigenvalue weighted by Gasteiger charge is -2.30. The van der Waals surface area contributed by atoms with Crippen LogP contribution in [0.2, 0.25) is 0 Å². The molecular weight excluding hydrogens is 268 g/mol. The quantitative estimate of drug-likeness (QED) is 0.640. The summed E-state index contributed by atoms with van der Waals surface area (Å²) in [5.74, 6) is 3.83. The van der Waals surface area contributed by atoms with Crippen molar-refractivity contribution >= 4 is 0 Å². The topological polar surface area (TPSA) is 9.23 Å². The Morgan fingerprint density at radius 2 is 1.50 bits per heavy atom. The highest BCUT2D eigenvalue weighted by atomic mass is 16.5. The second-order valence-electron chi connectivity index (χ2n) is 8.07.